The summed E-state index contributed by atoms with van der Waals surface area (Å²) in [6, 6.07) is 16.7. The van der Waals surface area contributed by atoms with E-state index in [1.807, 2.05) is 26.0 Å². The molecule has 176 valence electrons. The van der Waals surface area contributed by atoms with Gasteiger partial charge in [-0.25, -0.2) is 4.79 Å². The predicted octanol–water partition coefficient (Wildman–Crippen LogP) is -0.324. The molecule has 0 bridgehead atoms. The van der Waals surface area contributed by atoms with Crippen molar-refractivity contribution in [3.05, 3.63) is 71.8 Å². The molecule has 0 saturated carbocycles. The first-order valence-corrected chi connectivity index (χ1v) is 12.3. The molecule has 2 rings (SSSR count). The molecule has 2 aromatic rings. The van der Waals surface area contributed by atoms with E-state index in [4.69, 9.17) is 0 Å². The molecule has 0 heterocycles. The molecule has 0 aromatic heterocycles. The van der Waals surface area contributed by atoms with Crippen molar-refractivity contribution in [2.75, 3.05) is 6.16 Å². The van der Waals surface area contributed by atoms with Crippen LogP contribution in [0.15, 0.2) is 60.7 Å². The number of hydrogen-bond donors (Lipinski definition) is 4. The fourth-order valence-corrected chi connectivity index (χ4v) is 5.36. The van der Waals surface area contributed by atoms with Crippen molar-refractivity contribution in [2.45, 2.75) is 38.5 Å². The molecule has 32 heavy (non-hydrogen) atoms. The summed E-state index contributed by atoms with van der Waals surface area (Å²) in [5, 5.41) is 12.2. The molecule has 1 amide bonds. The van der Waals surface area contributed by atoms with Gasteiger partial charge in [0, 0.05) is 24.1 Å². The monoisotopic (exact) mass is 526 g/mol. The van der Waals surface area contributed by atoms with Gasteiger partial charge < -0.3 is 38.0 Å². The Morgan fingerprint density at radius 3 is 2.06 bits per heavy atom. The van der Waals surface area contributed by atoms with Crippen LogP contribution in [0.3, 0.4) is 0 Å². The quantitative estimate of drug-likeness (QED) is 0.298. The summed E-state index contributed by atoms with van der Waals surface area (Å²) >= 11 is 0. The van der Waals surface area contributed by atoms with Crippen molar-refractivity contribution in [1.82, 2.24) is 5.32 Å². The van der Waals surface area contributed by atoms with Crippen molar-refractivity contribution >= 4 is 19.2 Å². The average Bonchev–Trinajstić information content (AvgIpc) is 2.73. The lowest BCUT2D eigenvalue weighted by molar-refractivity contribution is -0.397. The van der Waals surface area contributed by atoms with E-state index in [1.54, 1.807) is 48.5 Å². The molecule has 0 aliphatic heterocycles. The second kappa shape index (κ2) is 12.9. The molecular formula is C23H32BrN2O5P. The number of benzene rings is 2. The molecule has 4 atom stereocenters. The lowest BCUT2D eigenvalue weighted by atomic mass is 9.97. The molecule has 1 unspecified atom stereocenters. The highest BCUT2D eigenvalue weighted by Gasteiger charge is 2.38. The molecule has 0 aliphatic carbocycles. The normalized spacial score (nSPS) is 15.7. The number of carbonyl (C=O) groups excluding carboxylic acids is 1. The summed E-state index contributed by atoms with van der Waals surface area (Å²) in [4.78, 5) is 35.5. The second-order valence-electron chi connectivity index (χ2n) is 8.28. The lowest BCUT2D eigenvalue weighted by Gasteiger charge is -2.25. The first-order chi connectivity index (χ1) is 14.6. The van der Waals surface area contributed by atoms with Gasteiger partial charge in [0.25, 0.3) is 7.37 Å². The largest absolute Gasteiger partial charge is 1.00 e. The highest BCUT2D eigenvalue weighted by Crippen LogP contribution is 2.53. The van der Waals surface area contributed by atoms with Gasteiger partial charge in [0.05, 0.1) is 0 Å². The number of carbonyl (C=O) groups is 2. The van der Waals surface area contributed by atoms with Gasteiger partial charge >= 0.3 is 5.97 Å². The molecule has 7 nitrogen and oxygen atoms in total. The van der Waals surface area contributed by atoms with E-state index in [9.17, 15) is 24.2 Å². The third-order valence-corrected chi connectivity index (χ3v) is 7.41. The van der Waals surface area contributed by atoms with Crippen molar-refractivity contribution in [1.29, 1.82) is 0 Å². The maximum atomic E-state index is 13.1. The third-order valence-electron chi connectivity index (χ3n) is 5.18. The van der Waals surface area contributed by atoms with Gasteiger partial charge in [-0.2, -0.15) is 0 Å². The van der Waals surface area contributed by atoms with Crippen LogP contribution >= 0.6 is 7.37 Å². The first-order valence-electron chi connectivity index (χ1n) is 10.4. The minimum atomic E-state index is -3.82. The van der Waals surface area contributed by atoms with E-state index in [2.05, 4.69) is 11.1 Å². The number of rotatable bonds is 11. The zero-order valence-corrected chi connectivity index (χ0v) is 20.8. The molecule has 0 fully saturated rings. The zero-order chi connectivity index (χ0) is 23.0. The van der Waals surface area contributed by atoms with Crippen LogP contribution in [0.1, 0.15) is 37.2 Å². The number of aliphatic carboxylic acids is 1. The van der Waals surface area contributed by atoms with E-state index in [-0.39, 0.29) is 35.5 Å². The second-order valence-corrected chi connectivity index (χ2v) is 10.8. The Bertz CT molecular complexity index is 911. The molecule has 2 aromatic carbocycles. The van der Waals surface area contributed by atoms with Gasteiger partial charge in [0.15, 0.2) is 5.78 Å². The molecule has 0 spiro atoms. The standard InChI is InChI=1S/C23H31N2O5P.BrH/c1-16(2)13-19(15-31(29,30)21(24)18-11-7-4-8-12-18)22(26)25-20(23(27)28)14-17-9-5-3-6-10-17;/h3-12,16,19-21H,13-15,24H2,1-2H3,(H,25,26)(H,27,28)(H,29,30);1H/t19-,20+,21-;/m1./s1. The highest BCUT2D eigenvalue weighted by molar-refractivity contribution is 7.58. The lowest BCUT2D eigenvalue weighted by Crippen LogP contribution is -3.00. The van der Waals surface area contributed by atoms with Crippen LogP contribution in [0, 0.1) is 11.8 Å². The summed E-state index contributed by atoms with van der Waals surface area (Å²) in [5.41, 5.74) is 5.29. The number of quaternary nitrogens is 1. The number of halogens is 1. The molecule has 0 saturated heterocycles. The SMILES string of the molecule is CC(C)C[C@H](CP(=O)(O)[C@@H]([NH3+])c1ccccc1)C(=O)N[C@@H](Cc1ccccc1)C(=O)O.[Br-]. The maximum Gasteiger partial charge on any atom is 0.326 e. The van der Waals surface area contributed by atoms with E-state index in [1.165, 1.54) is 0 Å². The van der Waals surface area contributed by atoms with Gasteiger partial charge in [0.2, 0.25) is 5.91 Å². The van der Waals surface area contributed by atoms with Gasteiger partial charge in [0.1, 0.15) is 6.04 Å². The highest BCUT2D eigenvalue weighted by atomic mass is 79.9. The van der Waals surface area contributed by atoms with Crippen molar-refractivity contribution < 1.29 is 46.9 Å². The van der Waals surface area contributed by atoms with Gasteiger partial charge in [-0.05, 0) is 17.9 Å². The summed E-state index contributed by atoms with van der Waals surface area (Å²) in [6.45, 7) is 3.83. The minimum absolute atomic E-state index is 0. The number of carboxylic acids is 1. The van der Waals surface area contributed by atoms with Crippen molar-refractivity contribution in [2.24, 2.45) is 11.8 Å². The van der Waals surface area contributed by atoms with E-state index >= 15 is 0 Å². The van der Waals surface area contributed by atoms with Gasteiger partial charge in [-0.3, -0.25) is 9.36 Å². The molecule has 6 N–H and O–H groups in total. The van der Waals surface area contributed by atoms with E-state index in [0.717, 1.165) is 5.56 Å². The van der Waals surface area contributed by atoms with Crippen LogP contribution < -0.4 is 28.0 Å². The zero-order valence-electron chi connectivity index (χ0n) is 18.4. The Balaban J connectivity index is 0.00000512. The van der Waals surface area contributed by atoms with E-state index < -0.39 is 37.0 Å². The Kier molecular flexibility index (Phi) is 11.3. The number of carboxylic acid groups (broad SMARTS) is 1. The summed E-state index contributed by atoms with van der Waals surface area (Å²) < 4.78 is 13.1. The van der Waals surface area contributed by atoms with Gasteiger partial charge in [-0.15, -0.1) is 0 Å². The van der Waals surface area contributed by atoms with Crippen LogP contribution in [0.2, 0.25) is 0 Å². The van der Waals surface area contributed by atoms with Crippen LogP contribution in [0.4, 0.5) is 0 Å². The Labute approximate surface area is 199 Å². The molecular weight excluding hydrogens is 495 g/mol. The topological polar surface area (TPSA) is 131 Å². The van der Waals surface area contributed by atoms with Crippen molar-refractivity contribution in [3.63, 3.8) is 0 Å². The Morgan fingerprint density at radius 1 is 1.03 bits per heavy atom. The summed E-state index contributed by atoms with van der Waals surface area (Å²) in [7, 11) is -3.82. The van der Waals surface area contributed by atoms with E-state index in [0.29, 0.717) is 12.0 Å². The minimum Gasteiger partial charge on any atom is -1.00 e. The van der Waals surface area contributed by atoms with Gasteiger partial charge in [-0.1, -0.05) is 74.5 Å². The average molecular weight is 527 g/mol. The Hall–Kier alpha value is -1.99. The fourth-order valence-electron chi connectivity index (χ4n) is 3.52. The molecule has 9 heteroatoms. The number of nitrogens with one attached hydrogen (secondary N) is 1. The number of amides is 1. The summed E-state index contributed by atoms with van der Waals surface area (Å²) in [6.07, 6.45) is 0.252. The van der Waals surface area contributed by atoms with Crippen LogP contribution in [-0.4, -0.2) is 34.1 Å². The Morgan fingerprint density at radius 2 is 1.56 bits per heavy atom. The predicted molar refractivity (Wildman–Crippen MR) is 119 cm³/mol. The third kappa shape index (κ3) is 8.51. The number of hydrogen-bond acceptors (Lipinski definition) is 3. The fraction of sp³-hybridized carbons (Fsp3) is 0.391. The van der Waals surface area contributed by atoms with Crippen molar-refractivity contribution in [3.8, 4) is 0 Å². The van der Waals surface area contributed by atoms with Crippen LogP contribution in [0.25, 0.3) is 0 Å². The maximum absolute atomic E-state index is 13.1. The molecule has 0 radical (unpaired) electrons. The first kappa shape index (κ1) is 28.0. The smallest absolute Gasteiger partial charge is 0.326 e. The summed E-state index contributed by atoms with van der Waals surface area (Å²) in [5.74, 6) is -3.23. The molecule has 0 aliphatic rings. The van der Waals surface area contributed by atoms with Crippen LogP contribution in [-0.2, 0) is 20.6 Å². The van der Waals surface area contributed by atoms with Crippen LogP contribution in [0.5, 0.6) is 0 Å².